The standard InChI is InChI=1S/C39H23N3OS/c1-3-11-24(12-4-1)27-22-31(36-29-16-7-9-17-32(29)43-33(36)23-27)39-41-37(25-13-5-2-6-14-25)40-38(42-39)26-19-20-35-30(21-26)28-15-8-10-18-34(28)44-35/h1-23H. The fourth-order valence-corrected chi connectivity index (χ4v) is 7.12. The van der Waals surface area contributed by atoms with E-state index in [9.17, 15) is 0 Å². The van der Waals surface area contributed by atoms with Crippen molar-refractivity contribution in [2.45, 2.75) is 0 Å². The van der Waals surface area contributed by atoms with Crippen LogP contribution in [0.3, 0.4) is 0 Å². The van der Waals surface area contributed by atoms with Crippen LogP contribution in [-0.4, -0.2) is 15.0 Å². The summed E-state index contributed by atoms with van der Waals surface area (Å²) in [6.45, 7) is 0. The van der Waals surface area contributed by atoms with Crippen LogP contribution in [0.15, 0.2) is 144 Å². The number of benzene rings is 6. The predicted molar refractivity (Wildman–Crippen MR) is 182 cm³/mol. The first-order valence-electron chi connectivity index (χ1n) is 14.5. The average molecular weight is 582 g/mol. The van der Waals surface area contributed by atoms with E-state index in [4.69, 9.17) is 19.4 Å². The molecule has 0 N–H and O–H groups in total. The Morgan fingerprint density at radius 3 is 1.86 bits per heavy atom. The van der Waals surface area contributed by atoms with E-state index in [1.165, 1.54) is 20.2 Å². The van der Waals surface area contributed by atoms with Crippen molar-refractivity contribution in [2.24, 2.45) is 0 Å². The van der Waals surface area contributed by atoms with Gasteiger partial charge < -0.3 is 4.42 Å². The second-order valence-electron chi connectivity index (χ2n) is 10.8. The van der Waals surface area contributed by atoms with Crippen molar-refractivity contribution in [3.8, 4) is 45.3 Å². The number of thiophene rings is 1. The molecule has 206 valence electrons. The van der Waals surface area contributed by atoms with Crippen LogP contribution in [0.1, 0.15) is 0 Å². The Hall–Kier alpha value is -5.65. The number of fused-ring (bicyclic) bond motifs is 6. The zero-order chi connectivity index (χ0) is 29.0. The minimum absolute atomic E-state index is 0.610. The third-order valence-electron chi connectivity index (χ3n) is 8.13. The molecule has 0 fully saturated rings. The van der Waals surface area contributed by atoms with Gasteiger partial charge in [-0.2, -0.15) is 0 Å². The summed E-state index contributed by atoms with van der Waals surface area (Å²) in [7, 11) is 0. The molecule has 0 radical (unpaired) electrons. The number of rotatable bonds is 4. The molecule has 0 amide bonds. The topological polar surface area (TPSA) is 51.8 Å². The van der Waals surface area contributed by atoms with E-state index < -0.39 is 0 Å². The highest BCUT2D eigenvalue weighted by Gasteiger charge is 2.20. The molecule has 44 heavy (non-hydrogen) atoms. The molecule has 0 saturated heterocycles. The number of hydrogen-bond acceptors (Lipinski definition) is 5. The van der Waals surface area contributed by atoms with E-state index in [-0.39, 0.29) is 0 Å². The number of furan rings is 1. The van der Waals surface area contributed by atoms with Crippen LogP contribution in [0.4, 0.5) is 0 Å². The number of nitrogens with zero attached hydrogens (tertiary/aromatic N) is 3. The summed E-state index contributed by atoms with van der Waals surface area (Å²) < 4.78 is 8.93. The van der Waals surface area contributed by atoms with Crippen molar-refractivity contribution in [1.29, 1.82) is 0 Å². The third-order valence-corrected chi connectivity index (χ3v) is 9.28. The van der Waals surface area contributed by atoms with E-state index in [1.807, 2.05) is 54.6 Å². The summed E-state index contributed by atoms with van der Waals surface area (Å²) in [4.78, 5) is 15.3. The summed E-state index contributed by atoms with van der Waals surface area (Å²) >= 11 is 1.81. The van der Waals surface area contributed by atoms with Crippen molar-refractivity contribution in [1.82, 2.24) is 15.0 Å². The Labute approximate surface area is 256 Å². The molecule has 9 aromatic rings. The largest absolute Gasteiger partial charge is 0.456 e. The van der Waals surface area contributed by atoms with E-state index in [0.29, 0.717) is 17.5 Å². The SMILES string of the molecule is c1ccc(-c2cc(-c3nc(-c4ccccc4)nc(-c4ccc5sc6ccccc6c5c4)n3)c3c(c2)oc2ccccc23)cc1. The lowest BCUT2D eigenvalue weighted by Crippen LogP contribution is -2.00. The van der Waals surface area contributed by atoms with Gasteiger partial charge in [0, 0.05) is 47.6 Å². The van der Waals surface area contributed by atoms with E-state index in [0.717, 1.165) is 49.8 Å². The summed E-state index contributed by atoms with van der Waals surface area (Å²) in [6, 6.07) is 48.0. The second-order valence-corrected chi connectivity index (χ2v) is 11.9. The Kier molecular flexibility index (Phi) is 5.64. The van der Waals surface area contributed by atoms with Gasteiger partial charge in [-0.1, -0.05) is 97.1 Å². The van der Waals surface area contributed by atoms with Crippen LogP contribution >= 0.6 is 11.3 Å². The quantitative estimate of drug-likeness (QED) is 0.207. The third kappa shape index (κ3) is 4.09. The molecule has 4 nitrogen and oxygen atoms in total. The molecule has 9 rings (SSSR count). The van der Waals surface area contributed by atoms with Crippen molar-refractivity contribution in [3.63, 3.8) is 0 Å². The smallest absolute Gasteiger partial charge is 0.164 e. The van der Waals surface area contributed by atoms with Gasteiger partial charge in [0.2, 0.25) is 0 Å². The highest BCUT2D eigenvalue weighted by Crippen LogP contribution is 2.40. The fourth-order valence-electron chi connectivity index (χ4n) is 6.04. The highest BCUT2D eigenvalue weighted by atomic mass is 32.1. The molecule has 6 aromatic carbocycles. The molecule has 3 heterocycles. The van der Waals surface area contributed by atoms with Crippen molar-refractivity contribution < 1.29 is 4.42 Å². The Balaban J connectivity index is 1.34. The lowest BCUT2D eigenvalue weighted by molar-refractivity contribution is 0.669. The van der Waals surface area contributed by atoms with Gasteiger partial charge in [0.05, 0.1) is 0 Å². The molecule has 5 heteroatoms. The number of para-hydroxylation sites is 1. The van der Waals surface area contributed by atoms with Crippen molar-refractivity contribution in [3.05, 3.63) is 140 Å². The first kappa shape index (κ1) is 24.9. The zero-order valence-electron chi connectivity index (χ0n) is 23.4. The maximum atomic E-state index is 6.42. The molecule has 0 unspecified atom stereocenters. The van der Waals surface area contributed by atoms with Gasteiger partial charge in [0.1, 0.15) is 11.2 Å². The first-order valence-corrected chi connectivity index (χ1v) is 15.3. The van der Waals surface area contributed by atoms with Gasteiger partial charge in [-0.3, -0.25) is 0 Å². The monoisotopic (exact) mass is 581 g/mol. The van der Waals surface area contributed by atoms with Gasteiger partial charge in [-0.15, -0.1) is 11.3 Å². The summed E-state index contributed by atoms with van der Waals surface area (Å²) in [5, 5.41) is 4.48. The normalized spacial score (nSPS) is 11.6. The highest BCUT2D eigenvalue weighted by molar-refractivity contribution is 7.25. The maximum absolute atomic E-state index is 6.42. The van der Waals surface area contributed by atoms with E-state index in [1.54, 1.807) is 11.3 Å². The average Bonchev–Trinajstić information content (AvgIpc) is 3.66. The lowest BCUT2D eigenvalue weighted by Gasteiger charge is -2.11. The number of aromatic nitrogens is 3. The van der Waals surface area contributed by atoms with Crippen LogP contribution in [0, 0.1) is 0 Å². The van der Waals surface area contributed by atoms with Crippen LogP contribution in [0.2, 0.25) is 0 Å². The van der Waals surface area contributed by atoms with Crippen LogP contribution < -0.4 is 0 Å². The molecule has 0 spiro atoms. The summed E-state index contributed by atoms with van der Waals surface area (Å²) in [6.07, 6.45) is 0. The van der Waals surface area contributed by atoms with E-state index in [2.05, 4.69) is 84.9 Å². The minimum Gasteiger partial charge on any atom is -0.456 e. The van der Waals surface area contributed by atoms with Gasteiger partial charge in [0.15, 0.2) is 17.5 Å². The van der Waals surface area contributed by atoms with Crippen LogP contribution in [-0.2, 0) is 0 Å². The molecular formula is C39H23N3OS. The van der Waals surface area contributed by atoms with Gasteiger partial charge in [-0.25, -0.2) is 15.0 Å². The molecule has 0 aliphatic rings. The molecule has 0 aliphatic carbocycles. The second kappa shape index (κ2) is 9.97. The predicted octanol–water partition coefficient (Wildman–Crippen LogP) is 10.8. The minimum atomic E-state index is 0.610. The maximum Gasteiger partial charge on any atom is 0.164 e. The molecule has 0 saturated carbocycles. The Morgan fingerprint density at radius 2 is 1.05 bits per heavy atom. The summed E-state index contributed by atoms with van der Waals surface area (Å²) in [5.74, 6) is 1.88. The number of hydrogen-bond donors (Lipinski definition) is 0. The lowest BCUT2D eigenvalue weighted by atomic mass is 9.98. The molecule has 0 bridgehead atoms. The fraction of sp³-hybridized carbons (Fsp3) is 0. The molecule has 3 aromatic heterocycles. The first-order chi connectivity index (χ1) is 21.8. The zero-order valence-corrected chi connectivity index (χ0v) is 24.3. The van der Waals surface area contributed by atoms with Crippen molar-refractivity contribution >= 4 is 53.4 Å². The summed E-state index contributed by atoms with van der Waals surface area (Å²) in [5.41, 5.74) is 6.58. The molecular weight excluding hydrogens is 559 g/mol. The molecule has 0 atom stereocenters. The van der Waals surface area contributed by atoms with Gasteiger partial charge >= 0.3 is 0 Å². The Morgan fingerprint density at radius 1 is 0.409 bits per heavy atom. The van der Waals surface area contributed by atoms with Crippen molar-refractivity contribution in [2.75, 3.05) is 0 Å². The molecule has 0 aliphatic heterocycles. The van der Waals surface area contributed by atoms with Crippen LogP contribution in [0.5, 0.6) is 0 Å². The van der Waals surface area contributed by atoms with Gasteiger partial charge in [0.25, 0.3) is 0 Å². The van der Waals surface area contributed by atoms with Crippen LogP contribution in [0.25, 0.3) is 87.4 Å². The van der Waals surface area contributed by atoms with Gasteiger partial charge in [-0.05, 0) is 53.6 Å². The van der Waals surface area contributed by atoms with E-state index >= 15 is 0 Å². The Bertz CT molecular complexity index is 2500.